The number of urea groups is 1. The van der Waals surface area contributed by atoms with Crippen LogP contribution in [-0.2, 0) is 10.0 Å². The Bertz CT molecular complexity index is 784. The van der Waals surface area contributed by atoms with Crippen molar-refractivity contribution in [1.29, 1.82) is 0 Å². The minimum absolute atomic E-state index is 0.0556. The highest BCUT2D eigenvalue weighted by Gasteiger charge is 2.16. The smallest absolute Gasteiger partial charge is 0.319 e. The number of amides is 2. The molecule has 0 aliphatic heterocycles. The zero-order valence-corrected chi connectivity index (χ0v) is 14.3. The number of aromatic nitrogens is 1. The number of carbonyl (C=O) groups excluding carboxylic acids is 1. The van der Waals surface area contributed by atoms with Gasteiger partial charge >= 0.3 is 6.03 Å². The van der Waals surface area contributed by atoms with E-state index in [9.17, 15) is 13.2 Å². The molecule has 1 aromatic heterocycles. The Balaban J connectivity index is 1.99. The van der Waals surface area contributed by atoms with E-state index in [0.29, 0.717) is 18.0 Å². The number of nitrogens with one attached hydrogen (secondary N) is 3. The van der Waals surface area contributed by atoms with E-state index >= 15 is 0 Å². The molecule has 0 saturated carbocycles. The predicted octanol–water partition coefficient (Wildman–Crippen LogP) is 2.71. The summed E-state index contributed by atoms with van der Waals surface area (Å²) in [6.45, 7) is 4.29. The second-order valence-electron chi connectivity index (χ2n) is 5.19. The summed E-state index contributed by atoms with van der Waals surface area (Å²) in [6, 6.07) is 6.99. The van der Waals surface area contributed by atoms with Crippen molar-refractivity contribution in [3.05, 3.63) is 36.1 Å². The van der Waals surface area contributed by atoms with Crippen LogP contribution in [0, 0.1) is 6.92 Å². The summed E-state index contributed by atoms with van der Waals surface area (Å²) in [4.78, 5) is 11.7. The van der Waals surface area contributed by atoms with E-state index in [2.05, 4.69) is 20.5 Å². The van der Waals surface area contributed by atoms with Crippen LogP contribution in [-0.4, -0.2) is 26.2 Å². The highest BCUT2D eigenvalue weighted by Crippen LogP contribution is 2.18. The molecule has 1 aromatic carbocycles. The van der Waals surface area contributed by atoms with Gasteiger partial charge in [0.25, 0.3) is 10.0 Å². The molecule has 1 heterocycles. The van der Waals surface area contributed by atoms with Gasteiger partial charge in [-0.25, -0.2) is 13.2 Å². The third-order valence-corrected chi connectivity index (χ3v) is 4.48. The van der Waals surface area contributed by atoms with E-state index in [1.807, 2.05) is 6.92 Å². The predicted molar refractivity (Wildman–Crippen MR) is 90.4 cm³/mol. The second kappa shape index (κ2) is 7.82. The van der Waals surface area contributed by atoms with Crippen molar-refractivity contribution in [3.8, 4) is 0 Å². The fraction of sp³-hybridized carbons (Fsp3) is 0.333. The SMILES string of the molecule is CCCCNC(=O)Nc1ccc(S(=O)(=O)Nc2cc(C)on2)cc1. The molecule has 2 aromatic rings. The Morgan fingerprint density at radius 3 is 2.54 bits per heavy atom. The highest BCUT2D eigenvalue weighted by molar-refractivity contribution is 7.92. The molecule has 0 atom stereocenters. The zero-order valence-electron chi connectivity index (χ0n) is 13.5. The van der Waals surface area contributed by atoms with Gasteiger partial charge in [-0.3, -0.25) is 4.72 Å². The third-order valence-electron chi connectivity index (χ3n) is 3.11. The molecule has 9 heteroatoms. The number of anilines is 2. The summed E-state index contributed by atoms with van der Waals surface area (Å²) in [5, 5.41) is 8.94. The van der Waals surface area contributed by atoms with Crippen LogP contribution in [0.15, 0.2) is 39.8 Å². The van der Waals surface area contributed by atoms with Gasteiger partial charge in [-0.05, 0) is 37.6 Å². The van der Waals surface area contributed by atoms with Gasteiger partial charge in [-0.15, -0.1) is 0 Å². The number of unbranched alkanes of at least 4 members (excludes halogenated alkanes) is 1. The summed E-state index contributed by atoms with van der Waals surface area (Å²) in [5.41, 5.74) is 0.500. The van der Waals surface area contributed by atoms with E-state index in [4.69, 9.17) is 4.52 Å². The Labute approximate surface area is 140 Å². The van der Waals surface area contributed by atoms with Crippen molar-refractivity contribution >= 4 is 27.6 Å². The van der Waals surface area contributed by atoms with Crippen LogP contribution in [0.25, 0.3) is 0 Å². The van der Waals surface area contributed by atoms with E-state index in [1.54, 1.807) is 6.92 Å². The number of carbonyl (C=O) groups is 1. The highest BCUT2D eigenvalue weighted by atomic mass is 32.2. The van der Waals surface area contributed by atoms with Crippen molar-refractivity contribution in [2.24, 2.45) is 0 Å². The van der Waals surface area contributed by atoms with Gasteiger partial charge in [0.1, 0.15) is 5.76 Å². The van der Waals surface area contributed by atoms with E-state index in [-0.39, 0.29) is 16.7 Å². The van der Waals surface area contributed by atoms with Crippen LogP contribution in [0.4, 0.5) is 16.3 Å². The van der Waals surface area contributed by atoms with Crippen molar-refractivity contribution < 1.29 is 17.7 Å². The number of hydrogen-bond donors (Lipinski definition) is 3. The Kier molecular flexibility index (Phi) is 5.80. The van der Waals surface area contributed by atoms with Crippen molar-refractivity contribution in [2.45, 2.75) is 31.6 Å². The molecule has 0 fully saturated rings. The van der Waals surface area contributed by atoms with Gasteiger partial charge in [-0.2, -0.15) is 0 Å². The summed E-state index contributed by atoms with van der Waals surface area (Å²) in [5.74, 6) is 0.617. The lowest BCUT2D eigenvalue weighted by molar-refractivity contribution is 0.252. The van der Waals surface area contributed by atoms with Crippen LogP contribution < -0.4 is 15.4 Å². The fourth-order valence-corrected chi connectivity index (χ4v) is 2.87. The molecule has 0 radical (unpaired) electrons. The zero-order chi connectivity index (χ0) is 17.6. The van der Waals surface area contributed by atoms with Crippen LogP contribution in [0.5, 0.6) is 0 Å². The second-order valence-corrected chi connectivity index (χ2v) is 6.87. The van der Waals surface area contributed by atoms with Crippen LogP contribution in [0.3, 0.4) is 0 Å². The van der Waals surface area contributed by atoms with Gasteiger partial charge in [0.15, 0.2) is 5.82 Å². The lowest BCUT2D eigenvalue weighted by atomic mass is 10.3. The maximum Gasteiger partial charge on any atom is 0.319 e. The van der Waals surface area contributed by atoms with Crippen molar-refractivity contribution in [2.75, 3.05) is 16.6 Å². The standard InChI is InChI=1S/C15H20N4O4S/c1-3-4-9-16-15(20)17-12-5-7-13(8-6-12)24(21,22)19-14-10-11(2)23-18-14/h5-8,10H,3-4,9H2,1-2H3,(H,18,19)(H2,16,17,20). The topological polar surface area (TPSA) is 113 Å². The lowest BCUT2D eigenvalue weighted by Crippen LogP contribution is -2.29. The van der Waals surface area contributed by atoms with Gasteiger partial charge in [0.05, 0.1) is 4.90 Å². The molecular weight excluding hydrogens is 332 g/mol. The van der Waals surface area contributed by atoms with Crippen LogP contribution >= 0.6 is 0 Å². The Morgan fingerprint density at radius 1 is 1.25 bits per heavy atom. The quantitative estimate of drug-likeness (QED) is 0.663. The maximum absolute atomic E-state index is 12.2. The fourth-order valence-electron chi connectivity index (χ4n) is 1.88. The molecule has 130 valence electrons. The summed E-state index contributed by atoms with van der Waals surface area (Å²) >= 11 is 0. The first-order valence-corrected chi connectivity index (χ1v) is 9.00. The Morgan fingerprint density at radius 2 is 1.96 bits per heavy atom. The van der Waals surface area contributed by atoms with Gasteiger partial charge in [0.2, 0.25) is 0 Å². The Hall–Kier alpha value is -2.55. The number of aryl methyl sites for hydroxylation is 1. The molecule has 2 amide bonds. The van der Waals surface area contributed by atoms with Gasteiger partial charge in [-0.1, -0.05) is 18.5 Å². The maximum atomic E-state index is 12.2. The van der Waals surface area contributed by atoms with Crippen molar-refractivity contribution in [1.82, 2.24) is 10.5 Å². The number of sulfonamides is 1. The van der Waals surface area contributed by atoms with Crippen molar-refractivity contribution in [3.63, 3.8) is 0 Å². The third kappa shape index (κ3) is 4.98. The molecule has 0 aliphatic carbocycles. The molecule has 8 nitrogen and oxygen atoms in total. The first-order valence-electron chi connectivity index (χ1n) is 7.52. The number of hydrogen-bond acceptors (Lipinski definition) is 5. The molecule has 0 bridgehead atoms. The minimum atomic E-state index is -3.76. The van der Waals surface area contributed by atoms with Gasteiger partial charge < -0.3 is 15.2 Å². The first-order chi connectivity index (χ1) is 11.4. The summed E-state index contributed by atoms with van der Waals surface area (Å²) in [7, 11) is -3.76. The average molecular weight is 352 g/mol. The first kappa shape index (κ1) is 17.8. The molecule has 0 aliphatic rings. The minimum Gasteiger partial charge on any atom is -0.360 e. The average Bonchev–Trinajstić information content (AvgIpc) is 2.92. The molecule has 0 saturated heterocycles. The number of rotatable bonds is 7. The molecular formula is C15H20N4O4S. The van der Waals surface area contributed by atoms with E-state index in [0.717, 1.165) is 12.8 Å². The summed E-state index contributed by atoms with van der Waals surface area (Å²) < 4.78 is 31.6. The molecule has 0 spiro atoms. The lowest BCUT2D eigenvalue weighted by Gasteiger charge is -2.08. The number of nitrogens with zero attached hydrogens (tertiary/aromatic N) is 1. The monoisotopic (exact) mass is 352 g/mol. The summed E-state index contributed by atoms with van der Waals surface area (Å²) in [6.07, 6.45) is 1.89. The number of benzene rings is 1. The van der Waals surface area contributed by atoms with E-state index < -0.39 is 10.0 Å². The molecule has 3 N–H and O–H groups in total. The normalized spacial score (nSPS) is 11.1. The largest absolute Gasteiger partial charge is 0.360 e. The molecule has 24 heavy (non-hydrogen) atoms. The van der Waals surface area contributed by atoms with E-state index in [1.165, 1.54) is 30.3 Å². The van der Waals surface area contributed by atoms with Crippen LogP contribution in [0.1, 0.15) is 25.5 Å². The van der Waals surface area contributed by atoms with Crippen LogP contribution in [0.2, 0.25) is 0 Å². The molecule has 0 unspecified atom stereocenters. The van der Waals surface area contributed by atoms with Gasteiger partial charge in [0, 0.05) is 18.3 Å². The molecule has 2 rings (SSSR count).